The molecule has 1 fully saturated rings. The lowest BCUT2D eigenvalue weighted by Gasteiger charge is -2.30. The second-order valence-corrected chi connectivity index (χ2v) is 6.21. The number of carboxylic acids is 1. The van der Waals surface area contributed by atoms with Crippen LogP contribution < -0.4 is 5.32 Å². The third-order valence-electron chi connectivity index (χ3n) is 3.35. The van der Waals surface area contributed by atoms with E-state index in [1.165, 1.54) is 18.2 Å². The van der Waals surface area contributed by atoms with E-state index in [4.69, 9.17) is 5.11 Å². The molecule has 7 heteroatoms. The fourth-order valence-electron chi connectivity index (χ4n) is 2.23. The van der Waals surface area contributed by atoms with Crippen LogP contribution in [0.25, 0.3) is 0 Å². The minimum Gasteiger partial charge on any atom is -0.480 e. The van der Waals surface area contributed by atoms with Crippen molar-refractivity contribution >= 4 is 30.0 Å². The Morgan fingerprint density at radius 2 is 2.30 bits per heavy atom. The third kappa shape index (κ3) is 5.81. The highest BCUT2D eigenvalue weighted by molar-refractivity contribution is 7.99. The lowest BCUT2D eigenvalue weighted by atomic mass is 10.0. The molecule has 2 N–H and O–H groups in total. The van der Waals surface area contributed by atoms with Crippen LogP contribution in [0.15, 0.2) is 0 Å². The largest absolute Gasteiger partial charge is 0.480 e. The van der Waals surface area contributed by atoms with Crippen molar-refractivity contribution in [3.8, 4) is 0 Å². The van der Waals surface area contributed by atoms with Crippen LogP contribution in [0.1, 0.15) is 26.2 Å². The standard InChI is InChI=1S/C13H22N2O4S/c1-10-3-2-5-15(7-10)12(17)8-20-6-4-11(13(18)19)14-9-16/h9-11H,2-8H2,1H3,(H,14,16)(H,18,19). The van der Waals surface area contributed by atoms with Gasteiger partial charge in [0.05, 0.1) is 5.75 Å². The first-order valence-electron chi connectivity index (χ1n) is 6.82. The van der Waals surface area contributed by atoms with Crippen LogP contribution in [0.3, 0.4) is 0 Å². The average molecular weight is 302 g/mol. The van der Waals surface area contributed by atoms with Gasteiger partial charge in [0, 0.05) is 13.1 Å². The summed E-state index contributed by atoms with van der Waals surface area (Å²) < 4.78 is 0. The van der Waals surface area contributed by atoms with Gasteiger partial charge in [-0.25, -0.2) is 4.79 Å². The molecule has 1 aliphatic heterocycles. The molecule has 1 aliphatic rings. The molecule has 0 aromatic rings. The number of nitrogens with zero attached hydrogens (tertiary/aromatic N) is 1. The number of aliphatic carboxylic acids is 1. The van der Waals surface area contributed by atoms with Gasteiger partial charge in [0.2, 0.25) is 12.3 Å². The number of nitrogens with one attached hydrogen (secondary N) is 1. The van der Waals surface area contributed by atoms with Gasteiger partial charge < -0.3 is 15.3 Å². The molecular weight excluding hydrogens is 280 g/mol. The Balaban J connectivity index is 2.21. The van der Waals surface area contributed by atoms with Crippen LogP contribution in [0, 0.1) is 5.92 Å². The quantitative estimate of drug-likeness (QED) is 0.505. The van der Waals surface area contributed by atoms with Gasteiger partial charge >= 0.3 is 5.97 Å². The Morgan fingerprint density at radius 1 is 1.55 bits per heavy atom. The van der Waals surface area contributed by atoms with Crippen LogP contribution in [0.5, 0.6) is 0 Å². The van der Waals surface area contributed by atoms with Crippen molar-refractivity contribution in [3.63, 3.8) is 0 Å². The zero-order chi connectivity index (χ0) is 15.0. The van der Waals surface area contributed by atoms with Crippen LogP contribution in [-0.4, -0.2) is 58.9 Å². The minimum atomic E-state index is -1.05. The number of amides is 2. The van der Waals surface area contributed by atoms with Crippen LogP contribution in [-0.2, 0) is 14.4 Å². The minimum absolute atomic E-state index is 0.122. The summed E-state index contributed by atoms with van der Waals surface area (Å²) >= 11 is 1.42. The monoisotopic (exact) mass is 302 g/mol. The Kier molecular flexibility index (Phi) is 7.43. The second-order valence-electron chi connectivity index (χ2n) is 5.10. The molecule has 114 valence electrons. The van der Waals surface area contributed by atoms with Gasteiger partial charge in [-0.2, -0.15) is 11.8 Å². The molecule has 1 heterocycles. The van der Waals surface area contributed by atoms with E-state index in [2.05, 4.69) is 12.2 Å². The van der Waals surface area contributed by atoms with Crippen molar-refractivity contribution in [1.29, 1.82) is 0 Å². The Bertz CT molecular complexity index is 351. The molecule has 0 radical (unpaired) electrons. The second kappa shape index (κ2) is 8.84. The molecule has 2 atom stereocenters. The highest BCUT2D eigenvalue weighted by Crippen LogP contribution is 2.17. The van der Waals surface area contributed by atoms with Gasteiger partial charge in [0.15, 0.2) is 0 Å². The van der Waals surface area contributed by atoms with E-state index in [1.54, 1.807) is 0 Å². The number of thioether (sulfide) groups is 1. The molecule has 20 heavy (non-hydrogen) atoms. The molecule has 0 bridgehead atoms. The summed E-state index contributed by atoms with van der Waals surface area (Å²) in [5.41, 5.74) is 0. The van der Waals surface area contributed by atoms with E-state index in [0.29, 0.717) is 30.3 Å². The summed E-state index contributed by atoms with van der Waals surface area (Å²) in [7, 11) is 0. The maximum Gasteiger partial charge on any atom is 0.326 e. The molecule has 0 spiro atoms. The smallest absolute Gasteiger partial charge is 0.326 e. The highest BCUT2D eigenvalue weighted by Gasteiger charge is 2.21. The molecule has 2 amide bonds. The average Bonchev–Trinajstić information content (AvgIpc) is 2.41. The maximum atomic E-state index is 12.0. The lowest BCUT2D eigenvalue weighted by molar-refractivity contribution is -0.140. The van der Waals surface area contributed by atoms with E-state index in [1.807, 2.05) is 4.90 Å². The van der Waals surface area contributed by atoms with E-state index in [0.717, 1.165) is 19.5 Å². The van der Waals surface area contributed by atoms with Crippen molar-refractivity contribution in [1.82, 2.24) is 10.2 Å². The Morgan fingerprint density at radius 3 is 2.90 bits per heavy atom. The van der Waals surface area contributed by atoms with Gasteiger partial charge in [-0.3, -0.25) is 9.59 Å². The van der Waals surface area contributed by atoms with Crippen LogP contribution in [0.2, 0.25) is 0 Å². The van der Waals surface area contributed by atoms with Crippen molar-refractivity contribution in [2.24, 2.45) is 5.92 Å². The molecular formula is C13H22N2O4S. The molecule has 0 aromatic carbocycles. The summed E-state index contributed by atoms with van der Waals surface area (Å²) in [5, 5.41) is 11.1. The van der Waals surface area contributed by atoms with Gasteiger partial charge in [-0.15, -0.1) is 0 Å². The lowest BCUT2D eigenvalue weighted by Crippen LogP contribution is -2.40. The maximum absolute atomic E-state index is 12.0. The Hall–Kier alpha value is -1.24. The summed E-state index contributed by atoms with van der Waals surface area (Å²) in [6, 6.07) is -0.870. The highest BCUT2D eigenvalue weighted by atomic mass is 32.2. The number of carbonyl (C=O) groups is 3. The number of carbonyl (C=O) groups excluding carboxylic acids is 2. The number of hydrogen-bond donors (Lipinski definition) is 2. The fraction of sp³-hybridized carbons (Fsp3) is 0.769. The zero-order valence-electron chi connectivity index (χ0n) is 11.7. The van der Waals surface area contributed by atoms with Crippen LogP contribution >= 0.6 is 11.8 Å². The van der Waals surface area contributed by atoms with Gasteiger partial charge in [0.1, 0.15) is 6.04 Å². The SMILES string of the molecule is CC1CCCN(C(=O)CSCCC(NC=O)C(=O)O)C1. The molecule has 0 saturated carbocycles. The fourth-order valence-corrected chi connectivity index (χ4v) is 3.13. The van der Waals surface area contributed by atoms with Gasteiger partial charge in [-0.1, -0.05) is 6.92 Å². The van der Waals surface area contributed by atoms with Crippen molar-refractivity contribution in [3.05, 3.63) is 0 Å². The first-order chi connectivity index (χ1) is 9.54. The molecule has 0 aromatic heterocycles. The van der Waals surface area contributed by atoms with Gasteiger partial charge in [0.25, 0.3) is 0 Å². The third-order valence-corrected chi connectivity index (χ3v) is 4.33. The summed E-state index contributed by atoms with van der Waals surface area (Å²) in [4.78, 5) is 34.9. The number of piperidine rings is 1. The van der Waals surface area contributed by atoms with E-state index in [9.17, 15) is 14.4 Å². The molecule has 6 nitrogen and oxygen atoms in total. The molecule has 2 unspecified atom stereocenters. The van der Waals surface area contributed by atoms with Crippen molar-refractivity contribution in [2.45, 2.75) is 32.2 Å². The number of hydrogen-bond acceptors (Lipinski definition) is 4. The van der Waals surface area contributed by atoms with E-state index in [-0.39, 0.29) is 5.91 Å². The Labute approximate surface area is 123 Å². The van der Waals surface area contributed by atoms with E-state index < -0.39 is 12.0 Å². The number of rotatable bonds is 8. The van der Waals surface area contributed by atoms with Crippen molar-refractivity contribution < 1.29 is 19.5 Å². The number of carboxylic acid groups (broad SMARTS) is 1. The first-order valence-corrected chi connectivity index (χ1v) is 7.98. The first kappa shape index (κ1) is 16.8. The molecule has 0 aliphatic carbocycles. The van der Waals surface area contributed by atoms with Gasteiger partial charge in [-0.05, 0) is 30.9 Å². The summed E-state index contributed by atoms with van der Waals surface area (Å²) in [6.07, 6.45) is 2.95. The number of likely N-dealkylation sites (tertiary alicyclic amines) is 1. The predicted octanol–water partition coefficient (Wildman–Crippen LogP) is 0.567. The van der Waals surface area contributed by atoms with Crippen LogP contribution in [0.4, 0.5) is 0 Å². The van der Waals surface area contributed by atoms with E-state index >= 15 is 0 Å². The zero-order valence-corrected chi connectivity index (χ0v) is 12.5. The predicted molar refractivity (Wildman–Crippen MR) is 77.5 cm³/mol. The van der Waals surface area contributed by atoms with Crippen molar-refractivity contribution in [2.75, 3.05) is 24.6 Å². The summed E-state index contributed by atoms with van der Waals surface area (Å²) in [5.74, 6) is 0.545. The topological polar surface area (TPSA) is 86.7 Å². The molecule has 1 saturated heterocycles. The normalized spacial score (nSPS) is 20.2. The molecule has 1 rings (SSSR count). The summed E-state index contributed by atoms with van der Waals surface area (Å²) in [6.45, 7) is 3.80.